The lowest BCUT2D eigenvalue weighted by molar-refractivity contribution is -0.138. The van der Waals surface area contributed by atoms with Gasteiger partial charge in [-0.2, -0.15) is 0 Å². The first kappa shape index (κ1) is 18.1. The molecule has 6 nitrogen and oxygen atoms in total. The van der Waals surface area contributed by atoms with E-state index < -0.39 is 5.97 Å². The highest BCUT2D eigenvalue weighted by Gasteiger charge is 2.26. The molecular formula is C18H25NO5. The number of ether oxygens (including phenoxy) is 3. The summed E-state index contributed by atoms with van der Waals surface area (Å²) >= 11 is 0. The number of amides is 1. The number of piperidine rings is 1. The van der Waals surface area contributed by atoms with Crippen LogP contribution in [0.25, 0.3) is 0 Å². The minimum absolute atomic E-state index is 0.137. The molecule has 1 amide bonds. The van der Waals surface area contributed by atoms with Crippen LogP contribution in [0.3, 0.4) is 0 Å². The van der Waals surface area contributed by atoms with Crippen LogP contribution in [0, 0.1) is 0 Å². The SMILES string of the molecule is CCC1CCCCN1C(=O)COC(=O)c1ccc(OC)cc1OC. The van der Waals surface area contributed by atoms with Gasteiger partial charge in [0, 0.05) is 18.7 Å². The molecular weight excluding hydrogens is 310 g/mol. The molecule has 1 aliphatic rings. The first-order chi connectivity index (χ1) is 11.6. The summed E-state index contributed by atoms with van der Waals surface area (Å²) in [4.78, 5) is 26.4. The van der Waals surface area contributed by atoms with Gasteiger partial charge in [-0.05, 0) is 37.8 Å². The van der Waals surface area contributed by atoms with Crippen molar-refractivity contribution in [1.82, 2.24) is 4.90 Å². The summed E-state index contributed by atoms with van der Waals surface area (Å²) in [7, 11) is 3.00. The molecule has 1 aromatic carbocycles. The molecule has 1 fully saturated rings. The Balaban J connectivity index is 1.98. The highest BCUT2D eigenvalue weighted by Crippen LogP contribution is 2.25. The fourth-order valence-corrected chi connectivity index (χ4v) is 3.01. The van der Waals surface area contributed by atoms with Crippen molar-refractivity contribution >= 4 is 11.9 Å². The van der Waals surface area contributed by atoms with E-state index in [2.05, 4.69) is 6.92 Å². The van der Waals surface area contributed by atoms with Crippen molar-refractivity contribution in [2.75, 3.05) is 27.4 Å². The molecule has 0 spiro atoms. The van der Waals surface area contributed by atoms with Crippen molar-refractivity contribution in [1.29, 1.82) is 0 Å². The molecule has 0 aliphatic carbocycles. The maximum absolute atomic E-state index is 12.4. The number of methoxy groups -OCH3 is 2. The first-order valence-corrected chi connectivity index (χ1v) is 8.29. The van der Waals surface area contributed by atoms with E-state index in [4.69, 9.17) is 14.2 Å². The second-order valence-corrected chi connectivity index (χ2v) is 5.79. The van der Waals surface area contributed by atoms with Gasteiger partial charge in [0.2, 0.25) is 0 Å². The van der Waals surface area contributed by atoms with Crippen LogP contribution < -0.4 is 9.47 Å². The van der Waals surface area contributed by atoms with Crippen LogP contribution in [0.4, 0.5) is 0 Å². The van der Waals surface area contributed by atoms with Gasteiger partial charge in [0.1, 0.15) is 17.1 Å². The number of rotatable bonds is 6. The Hall–Kier alpha value is -2.24. The zero-order valence-electron chi connectivity index (χ0n) is 14.5. The molecule has 6 heteroatoms. The van der Waals surface area contributed by atoms with Crippen LogP contribution in [0.2, 0.25) is 0 Å². The van der Waals surface area contributed by atoms with Gasteiger partial charge in [0.05, 0.1) is 14.2 Å². The summed E-state index contributed by atoms with van der Waals surface area (Å²) in [5.74, 6) is 0.227. The van der Waals surface area contributed by atoms with Gasteiger partial charge in [-0.3, -0.25) is 4.79 Å². The number of carbonyl (C=O) groups is 2. The maximum atomic E-state index is 12.4. The highest BCUT2D eigenvalue weighted by atomic mass is 16.5. The number of benzene rings is 1. The summed E-state index contributed by atoms with van der Waals surface area (Å²) in [6.07, 6.45) is 4.09. The third-order valence-corrected chi connectivity index (χ3v) is 4.37. The second-order valence-electron chi connectivity index (χ2n) is 5.79. The van der Waals surface area contributed by atoms with Gasteiger partial charge in [-0.15, -0.1) is 0 Å². The van der Waals surface area contributed by atoms with E-state index in [0.29, 0.717) is 11.5 Å². The van der Waals surface area contributed by atoms with Gasteiger partial charge >= 0.3 is 5.97 Å². The van der Waals surface area contributed by atoms with Gasteiger partial charge < -0.3 is 19.1 Å². The van der Waals surface area contributed by atoms with E-state index in [1.54, 1.807) is 18.2 Å². The fraction of sp³-hybridized carbons (Fsp3) is 0.556. The van der Waals surface area contributed by atoms with Crippen LogP contribution >= 0.6 is 0 Å². The van der Waals surface area contributed by atoms with E-state index in [-0.39, 0.29) is 24.1 Å². The van der Waals surface area contributed by atoms with Crippen molar-refractivity contribution in [3.8, 4) is 11.5 Å². The van der Waals surface area contributed by atoms with Crippen LogP contribution in [-0.4, -0.2) is 50.2 Å². The van der Waals surface area contributed by atoms with Crippen molar-refractivity contribution in [2.45, 2.75) is 38.6 Å². The van der Waals surface area contributed by atoms with E-state index in [1.165, 1.54) is 14.2 Å². The lowest BCUT2D eigenvalue weighted by Crippen LogP contribution is -2.45. The summed E-state index contributed by atoms with van der Waals surface area (Å²) in [5, 5.41) is 0. The molecule has 0 aromatic heterocycles. The maximum Gasteiger partial charge on any atom is 0.342 e. The molecule has 1 aromatic rings. The molecule has 1 heterocycles. The van der Waals surface area contributed by atoms with Crippen molar-refractivity contribution in [3.05, 3.63) is 23.8 Å². The number of hydrogen-bond donors (Lipinski definition) is 0. The quantitative estimate of drug-likeness (QED) is 0.748. The monoisotopic (exact) mass is 335 g/mol. The molecule has 1 saturated heterocycles. The van der Waals surface area contributed by atoms with Gasteiger partial charge in [-0.25, -0.2) is 4.79 Å². The Morgan fingerprint density at radius 2 is 2.00 bits per heavy atom. The number of carbonyl (C=O) groups excluding carboxylic acids is 2. The van der Waals surface area contributed by atoms with Crippen LogP contribution in [0.5, 0.6) is 11.5 Å². The highest BCUT2D eigenvalue weighted by molar-refractivity contribution is 5.94. The molecule has 0 N–H and O–H groups in total. The summed E-state index contributed by atoms with van der Waals surface area (Å²) < 4.78 is 15.5. The summed E-state index contributed by atoms with van der Waals surface area (Å²) in [6, 6.07) is 5.08. The Morgan fingerprint density at radius 1 is 1.21 bits per heavy atom. The molecule has 2 rings (SSSR count). The lowest BCUT2D eigenvalue weighted by Gasteiger charge is -2.35. The number of hydrogen-bond acceptors (Lipinski definition) is 5. The number of likely N-dealkylation sites (tertiary alicyclic amines) is 1. The summed E-state index contributed by atoms with van der Waals surface area (Å²) in [6.45, 7) is 2.57. The van der Waals surface area contributed by atoms with E-state index in [9.17, 15) is 9.59 Å². The van der Waals surface area contributed by atoms with Crippen molar-refractivity contribution < 1.29 is 23.8 Å². The molecule has 0 radical (unpaired) electrons. The van der Waals surface area contributed by atoms with Gasteiger partial charge in [-0.1, -0.05) is 6.92 Å². The Kier molecular flexibility index (Phi) is 6.46. The average Bonchev–Trinajstić information content (AvgIpc) is 2.65. The standard InChI is InChI=1S/C18H25NO5/c1-4-13-7-5-6-10-19(13)17(20)12-24-18(21)15-9-8-14(22-2)11-16(15)23-3/h8-9,11,13H,4-7,10,12H2,1-3H3. The predicted octanol–water partition coefficient (Wildman–Crippen LogP) is 2.65. The number of nitrogens with zero attached hydrogens (tertiary/aromatic N) is 1. The van der Waals surface area contributed by atoms with Gasteiger partial charge in [0.25, 0.3) is 5.91 Å². The lowest BCUT2D eigenvalue weighted by atomic mass is 10.00. The minimum atomic E-state index is -0.576. The second kappa shape index (κ2) is 8.57. The number of esters is 1. The predicted molar refractivity (Wildman–Crippen MR) is 89.5 cm³/mol. The Morgan fingerprint density at radius 3 is 2.67 bits per heavy atom. The van der Waals surface area contributed by atoms with Crippen LogP contribution in [0.1, 0.15) is 43.0 Å². The van der Waals surface area contributed by atoms with E-state index in [1.807, 2.05) is 4.90 Å². The van der Waals surface area contributed by atoms with E-state index >= 15 is 0 Å². The minimum Gasteiger partial charge on any atom is -0.497 e. The van der Waals surface area contributed by atoms with Crippen molar-refractivity contribution in [3.63, 3.8) is 0 Å². The zero-order chi connectivity index (χ0) is 17.5. The molecule has 0 saturated carbocycles. The largest absolute Gasteiger partial charge is 0.497 e. The Bertz CT molecular complexity index is 587. The smallest absolute Gasteiger partial charge is 0.342 e. The van der Waals surface area contributed by atoms with Crippen molar-refractivity contribution in [2.24, 2.45) is 0 Å². The van der Waals surface area contributed by atoms with Crippen LogP contribution in [-0.2, 0) is 9.53 Å². The first-order valence-electron chi connectivity index (χ1n) is 8.29. The topological polar surface area (TPSA) is 65.1 Å². The summed E-state index contributed by atoms with van der Waals surface area (Å²) in [5.41, 5.74) is 0.275. The third kappa shape index (κ3) is 4.19. The molecule has 0 bridgehead atoms. The van der Waals surface area contributed by atoms with E-state index in [0.717, 1.165) is 32.2 Å². The Labute approximate surface area is 142 Å². The third-order valence-electron chi connectivity index (χ3n) is 4.37. The van der Waals surface area contributed by atoms with Crippen LogP contribution in [0.15, 0.2) is 18.2 Å². The zero-order valence-corrected chi connectivity index (χ0v) is 14.5. The average molecular weight is 335 g/mol. The molecule has 1 aliphatic heterocycles. The molecule has 1 unspecified atom stereocenters. The van der Waals surface area contributed by atoms with Gasteiger partial charge in [0.15, 0.2) is 6.61 Å². The fourth-order valence-electron chi connectivity index (χ4n) is 3.01. The molecule has 24 heavy (non-hydrogen) atoms. The molecule has 1 atom stereocenters. The molecule has 132 valence electrons. The normalized spacial score (nSPS) is 17.3.